The molecule has 1 aromatic carbocycles. The van der Waals surface area contributed by atoms with E-state index in [1.54, 1.807) is 42.3 Å². The number of nitrogens with zero attached hydrogens (tertiary/aromatic N) is 4. The fourth-order valence-corrected chi connectivity index (χ4v) is 3.64. The first kappa shape index (κ1) is 18.0. The summed E-state index contributed by atoms with van der Waals surface area (Å²) in [6.45, 7) is 2.15. The van der Waals surface area contributed by atoms with E-state index in [0.717, 1.165) is 16.9 Å². The highest BCUT2D eigenvalue weighted by Crippen LogP contribution is 2.28. The summed E-state index contributed by atoms with van der Waals surface area (Å²) in [5.74, 6) is 0.263. The highest BCUT2D eigenvalue weighted by Gasteiger charge is 2.16. The Balaban J connectivity index is 1.43. The second kappa shape index (κ2) is 7.69. The van der Waals surface area contributed by atoms with Gasteiger partial charge in [0.1, 0.15) is 27.8 Å². The van der Waals surface area contributed by atoms with Crippen LogP contribution in [-0.2, 0) is 6.54 Å². The Kier molecular flexibility index (Phi) is 4.94. The number of nitrogens with one attached hydrogen (secondary N) is 1. The molecule has 0 saturated heterocycles. The van der Waals surface area contributed by atoms with Gasteiger partial charge >= 0.3 is 0 Å². The molecule has 4 rings (SSSR count). The number of benzene rings is 1. The lowest BCUT2D eigenvalue weighted by atomic mass is 10.2. The molecule has 0 aliphatic heterocycles. The molecule has 0 fully saturated rings. The highest BCUT2D eigenvalue weighted by atomic mass is 32.1. The van der Waals surface area contributed by atoms with Crippen LogP contribution in [-0.4, -0.2) is 25.4 Å². The van der Waals surface area contributed by atoms with Gasteiger partial charge in [-0.3, -0.25) is 9.36 Å². The van der Waals surface area contributed by atoms with Crippen LogP contribution in [0.4, 0.5) is 4.39 Å². The van der Waals surface area contributed by atoms with Gasteiger partial charge in [-0.1, -0.05) is 6.07 Å². The summed E-state index contributed by atoms with van der Waals surface area (Å²) in [6.07, 6.45) is 6.90. The molecule has 3 heterocycles. The molecule has 28 heavy (non-hydrogen) atoms. The molecule has 0 aliphatic rings. The molecular weight excluding hydrogens is 377 g/mol. The number of amides is 1. The van der Waals surface area contributed by atoms with Crippen molar-refractivity contribution < 1.29 is 9.18 Å². The third-order valence-corrected chi connectivity index (χ3v) is 5.33. The molecule has 0 bridgehead atoms. The molecule has 4 aromatic rings. The van der Waals surface area contributed by atoms with Crippen LogP contribution in [0.5, 0.6) is 0 Å². The summed E-state index contributed by atoms with van der Waals surface area (Å²) < 4.78 is 14.9. The number of carbonyl (C=O) groups excluding carboxylic acids is 1. The van der Waals surface area contributed by atoms with Crippen LogP contribution in [0.3, 0.4) is 0 Å². The van der Waals surface area contributed by atoms with Gasteiger partial charge in [-0.05, 0) is 42.8 Å². The third kappa shape index (κ3) is 3.81. The van der Waals surface area contributed by atoms with Crippen molar-refractivity contribution in [2.75, 3.05) is 0 Å². The lowest BCUT2D eigenvalue weighted by Crippen LogP contribution is -2.22. The number of aryl methyl sites for hydroxylation is 1. The van der Waals surface area contributed by atoms with Gasteiger partial charge in [0.05, 0.1) is 5.69 Å². The van der Waals surface area contributed by atoms with Crippen molar-refractivity contribution in [3.8, 4) is 16.4 Å². The first-order valence-corrected chi connectivity index (χ1v) is 9.36. The molecule has 140 valence electrons. The van der Waals surface area contributed by atoms with Gasteiger partial charge in [0.15, 0.2) is 0 Å². The maximum Gasteiger partial charge on any atom is 0.263 e. The molecule has 0 unspecified atom stereocenters. The molecule has 0 radical (unpaired) electrons. The van der Waals surface area contributed by atoms with E-state index in [9.17, 15) is 9.18 Å². The van der Waals surface area contributed by atoms with Crippen molar-refractivity contribution in [1.82, 2.24) is 24.8 Å². The van der Waals surface area contributed by atoms with Crippen LogP contribution >= 0.6 is 11.3 Å². The normalized spacial score (nSPS) is 10.8. The number of aromatic nitrogens is 4. The van der Waals surface area contributed by atoms with Gasteiger partial charge in [-0.15, -0.1) is 11.3 Å². The summed E-state index contributed by atoms with van der Waals surface area (Å²) in [5.41, 5.74) is 2.32. The predicted octanol–water partition coefficient (Wildman–Crippen LogP) is 3.77. The summed E-state index contributed by atoms with van der Waals surface area (Å²) in [7, 11) is 0. The molecule has 0 aliphatic carbocycles. The van der Waals surface area contributed by atoms with E-state index in [-0.39, 0.29) is 11.7 Å². The smallest absolute Gasteiger partial charge is 0.263 e. The minimum Gasteiger partial charge on any atom is -0.347 e. The number of carbonyl (C=O) groups is 1. The number of pyridine rings is 1. The molecule has 1 amide bonds. The number of halogens is 1. The van der Waals surface area contributed by atoms with Crippen molar-refractivity contribution >= 4 is 17.2 Å². The average Bonchev–Trinajstić information content (AvgIpc) is 3.37. The van der Waals surface area contributed by atoms with Gasteiger partial charge in [0.2, 0.25) is 0 Å². The first-order chi connectivity index (χ1) is 13.6. The van der Waals surface area contributed by atoms with E-state index in [2.05, 4.69) is 20.3 Å². The van der Waals surface area contributed by atoms with Crippen LogP contribution < -0.4 is 5.32 Å². The lowest BCUT2D eigenvalue weighted by molar-refractivity contribution is 0.0954. The van der Waals surface area contributed by atoms with Crippen LogP contribution in [0, 0.1) is 12.7 Å². The van der Waals surface area contributed by atoms with Crippen LogP contribution in [0.25, 0.3) is 16.4 Å². The standard InChI is InChI=1S/C20H16FN5OS/c1-13-18(28-20(25-13)15-3-5-16(21)6-4-15)19(27)24-11-14-2-7-17(23-10-14)26-9-8-22-12-26/h2-10,12H,11H2,1H3,(H,24,27). The maximum absolute atomic E-state index is 13.1. The average molecular weight is 393 g/mol. The Bertz CT molecular complexity index is 1090. The van der Waals surface area contributed by atoms with E-state index in [1.165, 1.54) is 23.5 Å². The quantitative estimate of drug-likeness (QED) is 0.560. The highest BCUT2D eigenvalue weighted by molar-refractivity contribution is 7.17. The molecule has 3 aromatic heterocycles. The SMILES string of the molecule is Cc1nc(-c2ccc(F)cc2)sc1C(=O)NCc1ccc(-n2ccnc2)nc1. The summed E-state index contributed by atoms with van der Waals surface area (Å²) in [5, 5.41) is 3.59. The summed E-state index contributed by atoms with van der Waals surface area (Å²) in [6, 6.07) is 9.85. The van der Waals surface area contributed by atoms with Gasteiger partial charge in [0, 0.05) is 30.7 Å². The van der Waals surface area contributed by atoms with Gasteiger partial charge in [-0.25, -0.2) is 19.3 Å². The predicted molar refractivity (Wildman–Crippen MR) is 105 cm³/mol. The second-order valence-corrected chi connectivity index (χ2v) is 7.12. The van der Waals surface area contributed by atoms with E-state index in [0.29, 0.717) is 22.1 Å². The molecule has 0 atom stereocenters. The zero-order valence-electron chi connectivity index (χ0n) is 15.0. The molecule has 6 nitrogen and oxygen atoms in total. The zero-order chi connectivity index (χ0) is 19.5. The zero-order valence-corrected chi connectivity index (χ0v) is 15.8. The Hall–Kier alpha value is -3.39. The molecule has 0 spiro atoms. The van der Waals surface area contributed by atoms with E-state index in [4.69, 9.17) is 0 Å². The lowest BCUT2D eigenvalue weighted by Gasteiger charge is -2.06. The summed E-state index contributed by atoms with van der Waals surface area (Å²) in [4.78, 5) is 25.9. The van der Waals surface area contributed by atoms with Gasteiger partial charge < -0.3 is 5.32 Å². The largest absolute Gasteiger partial charge is 0.347 e. The fraction of sp³-hybridized carbons (Fsp3) is 0.100. The Morgan fingerprint density at radius 3 is 2.71 bits per heavy atom. The van der Waals surface area contributed by atoms with Gasteiger partial charge in [-0.2, -0.15) is 0 Å². The minimum atomic E-state index is -0.303. The van der Waals surface area contributed by atoms with Crippen molar-refractivity contribution in [1.29, 1.82) is 0 Å². The fourth-order valence-electron chi connectivity index (χ4n) is 2.65. The van der Waals surface area contributed by atoms with Crippen LogP contribution in [0.2, 0.25) is 0 Å². The number of rotatable bonds is 5. The number of thiazole rings is 1. The van der Waals surface area contributed by atoms with E-state index >= 15 is 0 Å². The molecule has 1 N–H and O–H groups in total. The second-order valence-electron chi connectivity index (χ2n) is 6.12. The van der Waals surface area contributed by atoms with Gasteiger partial charge in [0.25, 0.3) is 5.91 Å². The third-order valence-electron chi connectivity index (χ3n) is 4.13. The van der Waals surface area contributed by atoms with Crippen molar-refractivity contribution in [3.63, 3.8) is 0 Å². The Morgan fingerprint density at radius 1 is 1.21 bits per heavy atom. The van der Waals surface area contributed by atoms with E-state index in [1.807, 2.05) is 18.3 Å². The topological polar surface area (TPSA) is 72.7 Å². The number of imidazole rings is 1. The maximum atomic E-state index is 13.1. The van der Waals surface area contributed by atoms with E-state index < -0.39 is 0 Å². The monoisotopic (exact) mass is 393 g/mol. The van der Waals surface area contributed by atoms with Crippen molar-refractivity contribution in [3.05, 3.63) is 83.3 Å². The summed E-state index contributed by atoms with van der Waals surface area (Å²) >= 11 is 1.29. The molecule has 0 saturated carbocycles. The first-order valence-electron chi connectivity index (χ1n) is 8.55. The molecular formula is C20H16FN5OS. The Labute approximate surface area is 164 Å². The van der Waals surface area contributed by atoms with Crippen molar-refractivity contribution in [2.24, 2.45) is 0 Å². The van der Waals surface area contributed by atoms with Crippen LogP contribution in [0.1, 0.15) is 20.9 Å². The number of hydrogen-bond acceptors (Lipinski definition) is 5. The van der Waals surface area contributed by atoms with Crippen molar-refractivity contribution in [2.45, 2.75) is 13.5 Å². The number of hydrogen-bond donors (Lipinski definition) is 1. The molecule has 8 heteroatoms. The Morgan fingerprint density at radius 2 is 2.04 bits per heavy atom. The minimum absolute atomic E-state index is 0.193. The van der Waals surface area contributed by atoms with Crippen LogP contribution in [0.15, 0.2) is 61.3 Å².